The van der Waals surface area contributed by atoms with E-state index in [4.69, 9.17) is 11.6 Å². The molecule has 2 aromatic carbocycles. The van der Waals surface area contributed by atoms with E-state index in [0.29, 0.717) is 11.1 Å². The number of anilines is 1. The number of nitrogens with one attached hydrogen (secondary N) is 1. The van der Waals surface area contributed by atoms with Gasteiger partial charge in [0.15, 0.2) is 5.82 Å². The lowest BCUT2D eigenvalue weighted by Crippen LogP contribution is -2.23. The van der Waals surface area contributed by atoms with Gasteiger partial charge in [-0.2, -0.15) is 9.78 Å². The third kappa shape index (κ3) is 4.01. The van der Waals surface area contributed by atoms with E-state index in [-0.39, 0.29) is 22.9 Å². The summed E-state index contributed by atoms with van der Waals surface area (Å²) in [5.41, 5.74) is 0.303. The summed E-state index contributed by atoms with van der Waals surface area (Å²) in [4.78, 5) is 12.5. The zero-order valence-corrected chi connectivity index (χ0v) is 16.2. The SMILES string of the molecule is O=c1c(Cl)c(NCc2nnc(-c3ccccc3)s2)cnn1-c1ccc(F)cc1F. The van der Waals surface area contributed by atoms with Crippen LogP contribution in [-0.4, -0.2) is 20.0 Å². The van der Waals surface area contributed by atoms with Crippen molar-refractivity contribution < 1.29 is 8.78 Å². The van der Waals surface area contributed by atoms with E-state index in [1.54, 1.807) is 0 Å². The smallest absolute Gasteiger partial charge is 0.292 e. The average Bonchev–Trinajstić information content (AvgIpc) is 3.20. The average molecular weight is 432 g/mol. The summed E-state index contributed by atoms with van der Waals surface area (Å²) in [5.74, 6) is -1.67. The molecule has 10 heteroatoms. The van der Waals surface area contributed by atoms with Gasteiger partial charge in [-0.15, -0.1) is 10.2 Å². The van der Waals surface area contributed by atoms with Gasteiger partial charge >= 0.3 is 0 Å². The van der Waals surface area contributed by atoms with Crippen LogP contribution in [0.3, 0.4) is 0 Å². The Bertz CT molecular complexity index is 1230. The lowest BCUT2D eigenvalue weighted by molar-refractivity contribution is 0.571. The Morgan fingerprint density at radius 1 is 1.10 bits per heavy atom. The molecule has 2 aromatic heterocycles. The Balaban J connectivity index is 1.54. The summed E-state index contributed by atoms with van der Waals surface area (Å²) in [6.45, 7) is 0.278. The zero-order chi connectivity index (χ0) is 20.4. The number of hydrogen-bond acceptors (Lipinski definition) is 6. The van der Waals surface area contributed by atoms with Gasteiger partial charge in [0, 0.05) is 11.6 Å². The van der Waals surface area contributed by atoms with E-state index in [1.807, 2.05) is 30.3 Å². The maximum atomic E-state index is 13.9. The highest BCUT2D eigenvalue weighted by atomic mass is 35.5. The Labute approximate surface area is 172 Å². The number of rotatable bonds is 5. The van der Waals surface area contributed by atoms with Crippen molar-refractivity contribution in [1.29, 1.82) is 0 Å². The molecule has 0 radical (unpaired) electrons. The van der Waals surface area contributed by atoms with E-state index < -0.39 is 17.2 Å². The second-order valence-corrected chi connectivity index (χ2v) is 7.35. The summed E-state index contributed by atoms with van der Waals surface area (Å²) >= 11 is 7.54. The first-order chi connectivity index (χ1) is 14.0. The molecular formula is C19H12ClF2N5OS. The first-order valence-electron chi connectivity index (χ1n) is 8.38. The van der Waals surface area contributed by atoms with Crippen LogP contribution in [-0.2, 0) is 6.54 Å². The van der Waals surface area contributed by atoms with E-state index in [9.17, 15) is 13.6 Å². The highest BCUT2D eigenvalue weighted by Crippen LogP contribution is 2.24. The Kier molecular flexibility index (Phi) is 5.32. The van der Waals surface area contributed by atoms with E-state index >= 15 is 0 Å². The highest BCUT2D eigenvalue weighted by molar-refractivity contribution is 7.14. The molecule has 0 amide bonds. The number of hydrogen-bond donors (Lipinski definition) is 1. The number of halogens is 3. The molecule has 29 heavy (non-hydrogen) atoms. The Hall–Kier alpha value is -3.17. The van der Waals surface area contributed by atoms with Crippen LogP contribution in [0.2, 0.25) is 5.02 Å². The highest BCUT2D eigenvalue weighted by Gasteiger charge is 2.15. The fraction of sp³-hybridized carbons (Fsp3) is 0.0526. The standard InChI is InChI=1S/C19H12ClF2N5OS/c20-17-14(9-24-27(19(17)28)15-7-6-12(21)8-13(15)22)23-10-16-25-26-18(29-16)11-4-2-1-3-5-11/h1-9,23H,10H2. The first-order valence-corrected chi connectivity index (χ1v) is 9.57. The minimum absolute atomic E-state index is 0.170. The molecule has 4 aromatic rings. The van der Waals surface area contributed by atoms with Gasteiger partial charge in [-0.1, -0.05) is 53.3 Å². The molecule has 0 bridgehead atoms. The zero-order valence-electron chi connectivity index (χ0n) is 14.6. The van der Waals surface area contributed by atoms with Crippen molar-refractivity contribution in [3.05, 3.63) is 86.7 Å². The fourth-order valence-corrected chi connectivity index (χ4v) is 3.55. The third-order valence-electron chi connectivity index (χ3n) is 3.97. The summed E-state index contributed by atoms with van der Waals surface area (Å²) in [7, 11) is 0. The van der Waals surface area contributed by atoms with Gasteiger partial charge < -0.3 is 5.32 Å². The van der Waals surface area contributed by atoms with Crippen molar-refractivity contribution in [2.24, 2.45) is 0 Å². The molecule has 4 rings (SSSR count). The first kappa shape index (κ1) is 19.2. The van der Waals surface area contributed by atoms with Gasteiger partial charge in [0.2, 0.25) is 0 Å². The van der Waals surface area contributed by atoms with Crippen molar-refractivity contribution in [1.82, 2.24) is 20.0 Å². The van der Waals surface area contributed by atoms with Gasteiger partial charge in [-0.05, 0) is 12.1 Å². The number of nitrogens with zero attached hydrogens (tertiary/aromatic N) is 4. The van der Waals surface area contributed by atoms with Crippen LogP contribution in [0.15, 0.2) is 59.5 Å². The van der Waals surface area contributed by atoms with Crippen LogP contribution in [0.25, 0.3) is 16.3 Å². The normalized spacial score (nSPS) is 10.9. The molecule has 0 aliphatic heterocycles. The van der Waals surface area contributed by atoms with Crippen molar-refractivity contribution in [3.63, 3.8) is 0 Å². The summed E-state index contributed by atoms with van der Waals surface area (Å²) < 4.78 is 27.8. The third-order valence-corrected chi connectivity index (χ3v) is 5.31. The van der Waals surface area contributed by atoms with Crippen molar-refractivity contribution in [2.75, 3.05) is 5.32 Å². The van der Waals surface area contributed by atoms with Crippen LogP contribution in [0, 0.1) is 11.6 Å². The maximum Gasteiger partial charge on any atom is 0.292 e. The molecule has 1 N–H and O–H groups in total. The molecular weight excluding hydrogens is 420 g/mol. The fourth-order valence-electron chi connectivity index (χ4n) is 2.57. The molecule has 6 nitrogen and oxygen atoms in total. The molecule has 0 saturated heterocycles. The van der Waals surface area contributed by atoms with Crippen LogP contribution in [0.5, 0.6) is 0 Å². The molecule has 0 unspecified atom stereocenters. The van der Waals surface area contributed by atoms with Gasteiger partial charge in [0.25, 0.3) is 5.56 Å². The van der Waals surface area contributed by atoms with Crippen molar-refractivity contribution >= 4 is 28.6 Å². The van der Waals surface area contributed by atoms with Crippen LogP contribution in [0.1, 0.15) is 5.01 Å². The van der Waals surface area contributed by atoms with Gasteiger partial charge in [0.1, 0.15) is 26.5 Å². The predicted octanol–water partition coefficient (Wildman–Crippen LogP) is 4.29. The number of benzene rings is 2. The molecule has 146 valence electrons. The van der Waals surface area contributed by atoms with Gasteiger partial charge in [-0.25, -0.2) is 8.78 Å². The molecule has 0 aliphatic carbocycles. The molecule has 0 saturated carbocycles. The lowest BCUT2D eigenvalue weighted by atomic mass is 10.2. The summed E-state index contributed by atoms with van der Waals surface area (Å²) in [5, 5.41) is 16.5. The van der Waals surface area contributed by atoms with Crippen LogP contribution >= 0.6 is 22.9 Å². The van der Waals surface area contributed by atoms with Gasteiger partial charge in [0.05, 0.1) is 18.4 Å². The van der Waals surface area contributed by atoms with E-state index in [1.165, 1.54) is 17.5 Å². The largest absolute Gasteiger partial charge is 0.376 e. The Morgan fingerprint density at radius 3 is 2.66 bits per heavy atom. The minimum atomic E-state index is -0.918. The molecule has 2 heterocycles. The van der Waals surface area contributed by atoms with E-state index in [2.05, 4.69) is 20.6 Å². The summed E-state index contributed by atoms with van der Waals surface area (Å²) in [6, 6.07) is 12.4. The minimum Gasteiger partial charge on any atom is -0.376 e. The van der Waals surface area contributed by atoms with E-state index in [0.717, 1.165) is 27.4 Å². The van der Waals surface area contributed by atoms with Crippen molar-refractivity contribution in [2.45, 2.75) is 6.54 Å². The molecule has 0 spiro atoms. The molecule has 0 aliphatic rings. The number of aromatic nitrogens is 4. The molecule has 0 fully saturated rings. The van der Waals surface area contributed by atoms with Gasteiger partial charge in [-0.3, -0.25) is 4.79 Å². The molecule has 0 atom stereocenters. The predicted molar refractivity (Wildman–Crippen MR) is 107 cm³/mol. The summed E-state index contributed by atoms with van der Waals surface area (Å²) in [6.07, 6.45) is 1.30. The second kappa shape index (κ2) is 8.06. The van der Waals surface area contributed by atoms with Crippen LogP contribution in [0.4, 0.5) is 14.5 Å². The lowest BCUT2D eigenvalue weighted by Gasteiger charge is -2.10. The van der Waals surface area contributed by atoms with Crippen molar-refractivity contribution in [3.8, 4) is 16.3 Å². The maximum absolute atomic E-state index is 13.9. The topological polar surface area (TPSA) is 72.7 Å². The quantitative estimate of drug-likeness (QED) is 0.510. The monoisotopic (exact) mass is 431 g/mol. The Morgan fingerprint density at radius 2 is 1.90 bits per heavy atom. The van der Waals surface area contributed by atoms with Crippen LogP contribution < -0.4 is 10.9 Å². The second-order valence-electron chi connectivity index (χ2n) is 5.91.